The quantitative estimate of drug-likeness (QED) is 0.776. The van der Waals surface area contributed by atoms with Crippen molar-refractivity contribution in [1.29, 1.82) is 0 Å². The largest absolute Gasteiger partial charge is 0.368 e. The third kappa shape index (κ3) is 3.60. The Morgan fingerprint density at radius 2 is 1.25 bits per heavy atom. The third-order valence-corrected chi connectivity index (χ3v) is 4.74. The van der Waals surface area contributed by atoms with Crippen molar-refractivity contribution in [3.8, 4) is 0 Å². The molecule has 0 unspecified atom stereocenters. The van der Waals surface area contributed by atoms with Crippen LogP contribution in [0.25, 0.3) is 0 Å². The van der Waals surface area contributed by atoms with Gasteiger partial charge in [0.05, 0.1) is 0 Å². The van der Waals surface area contributed by atoms with E-state index < -0.39 is 0 Å². The molecule has 2 aliphatic rings. The Morgan fingerprint density at radius 1 is 0.792 bits per heavy atom. The first-order valence-corrected chi connectivity index (χ1v) is 8.34. The Kier molecular flexibility index (Phi) is 4.87. The standard InChI is InChI=1S/C17H23FN4O2/c1-14(23)19-6-10-21(11-7-19)17(24)22-12-8-20(9-13-22)16-4-2-15(18)3-5-16/h2-5H,6-13H2,1H3. The van der Waals surface area contributed by atoms with Crippen molar-refractivity contribution in [1.82, 2.24) is 14.7 Å². The van der Waals surface area contributed by atoms with E-state index in [1.165, 1.54) is 12.1 Å². The SMILES string of the molecule is CC(=O)N1CCN(C(=O)N2CCN(c3ccc(F)cc3)CC2)CC1. The lowest BCUT2D eigenvalue weighted by atomic mass is 10.2. The summed E-state index contributed by atoms with van der Waals surface area (Å²) in [5, 5.41) is 0. The number of urea groups is 1. The maximum atomic E-state index is 13.0. The Balaban J connectivity index is 1.50. The monoisotopic (exact) mass is 334 g/mol. The van der Waals surface area contributed by atoms with Gasteiger partial charge in [-0.05, 0) is 24.3 Å². The number of hydrogen-bond acceptors (Lipinski definition) is 3. The predicted octanol–water partition coefficient (Wildman–Crippen LogP) is 1.23. The summed E-state index contributed by atoms with van der Waals surface area (Å²) >= 11 is 0. The van der Waals surface area contributed by atoms with Gasteiger partial charge in [-0.2, -0.15) is 0 Å². The zero-order valence-corrected chi connectivity index (χ0v) is 13.9. The van der Waals surface area contributed by atoms with Gasteiger partial charge in [-0.25, -0.2) is 9.18 Å². The molecule has 2 aliphatic heterocycles. The second-order valence-electron chi connectivity index (χ2n) is 6.23. The van der Waals surface area contributed by atoms with E-state index in [-0.39, 0.29) is 17.8 Å². The number of halogens is 1. The van der Waals surface area contributed by atoms with Crippen molar-refractivity contribution in [2.45, 2.75) is 6.92 Å². The van der Waals surface area contributed by atoms with E-state index in [0.717, 1.165) is 18.8 Å². The highest BCUT2D eigenvalue weighted by Gasteiger charge is 2.28. The lowest BCUT2D eigenvalue weighted by molar-refractivity contribution is -0.130. The molecule has 0 aliphatic carbocycles. The molecule has 3 amide bonds. The first kappa shape index (κ1) is 16.5. The van der Waals surface area contributed by atoms with Crippen LogP contribution in [0.3, 0.4) is 0 Å². The third-order valence-electron chi connectivity index (χ3n) is 4.74. The summed E-state index contributed by atoms with van der Waals surface area (Å²) in [6, 6.07) is 6.52. The lowest BCUT2D eigenvalue weighted by Gasteiger charge is -2.41. The Morgan fingerprint density at radius 3 is 1.75 bits per heavy atom. The van der Waals surface area contributed by atoms with E-state index in [4.69, 9.17) is 0 Å². The van der Waals surface area contributed by atoms with Crippen LogP contribution in [0.2, 0.25) is 0 Å². The van der Waals surface area contributed by atoms with Crippen LogP contribution in [-0.2, 0) is 4.79 Å². The Hall–Kier alpha value is -2.31. The molecule has 1 aromatic carbocycles. The lowest BCUT2D eigenvalue weighted by Crippen LogP contribution is -2.57. The molecule has 7 heteroatoms. The van der Waals surface area contributed by atoms with E-state index in [9.17, 15) is 14.0 Å². The Bertz CT molecular complexity index is 591. The van der Waals surface area contributed by atoms with E-state index in [2.05, 4.69) is 4.90 Å². The molecule has 0 aromatic heterocycles. The number of benzene rings is 1. The summed E-state index contributed by atoms with van der Waals surface area (Å²) in [6.45, 7) is 6.76. The van der Waals surface area contributed by atoms with Crippen LogP contribution >= 0.6 is 0 Å². The van der Waals surface area contributed by atoms with Crippen molar-refractivity contribution in [2.75, 3.05) is 57.3 Å². The summed E-state index contributed by atoms with van der Waals surface area (Å²) in [5.74, 6) is -0.174. The van der Waals surface area contributed by atoms with Crippen LogP contribution in [-0.4, -0.2) is 79.0 Å². The zero-order valence-electron chi connectivity index (χ0n) is 13.9. The van der Waals surface area contributed by atoms with E-state index in [0.29, 0.717) is 39.3 Å². The molecule has 2 fully saturated rings. The number of rotatable bonds is 1. The van der Waals surface area contributed by atoms with Crippen LogP contribution < -0.4 is 4.90 Å². The fraction of sp³-hybridized carbons (Fsp3) is 0.529. The van der Waals surface area contributed by atoms with Crippen molar-refractivity contribution in [3.05, 3.63) is 30.1 Å². The molecule has 0 atom stereocenters. The zero-order chi connectivity index (χ0) is 17.1. The normalized spacial score (nSPS) is 18.8. The highest BCUT2D eigenvalue weighted by molar-refractivity contribution is 5.76. The van der Waals surface area contributed by atoms with Gasteiger partial charge in [0, 0.05) is 65.0 Å². The maximum Gasteiger partial charge on any atom is 0.320 e. The van der Waals surface area contributed by atoms with E-state index in [1.54, 1.807) is 24.0 Å². The molecule has 2 heterocycles. The first-order valence-electron chi connectivity index (χ1n) is 8.34. The Labute approximate surface area is 141 Å². The smallest absolute Gasteiger partial charge is 0.320 e. The summed E-state index contributed by atoms with van der Waals surface area (Å²) < 4.78 is 13.0. The van der Waals surface area contributed by atoms with Gasteiger partial charge in [-0.3, -0.25) is 4.79 Å². The van der Waals surface area contributed by atoms with Gasteiger partial charge in [0.15, 0.2) is 0 Å². The second kappa shape index (κ2) is 7.07. The summed E-state index contributed by atoms with van der Waals surface area (Å²) in [4.78, 5) is 31.6. The number of hydrogen-bond donors (Lipinski definition) is 0. The molecule has 6 nitrogen and oxygen atoms in total. The predicted molar refractivity (Wildman–Crippen MR) is 89.4 cm³/mol. The number of nitrogens with zero attached hydrogens (tertiary/aromatic N) is 4. The van der Waals surface area contributed by atoms with Crippen LogP contribution in [0, 0.1) is 5.82 Å². The number of anilines is 1. The number of piperazine rings is 2. The van der Waals surface area contributed by atoms with Crippen molar-refractivity contribution in [2.24, 2.45) is 0 Å². The van der Waals surface area contributed by atoms with Gasteiger partial charge in [0.25, 0.3) is 0 Å². The van der Waals surface area contributed by atoms with Crippen LogP contribution in [0.4, 0.5) is 14.9 Å². The molecule has 130 valence electrons. The topological polar surface area (TPSA) is 47.1 Å². The molecule has 0 saturated carbocycles. The molecule has 3 rings (SSSR count). The molecule has 2 saturated heterocycles. The minimum atomic E-state index is -0.239. The van der Waals surface area contributed by atoms with Crippen molar-refractivity contribution < 1.29 is 14.0 Å². The van der Waals surface area contributed by atoms with Gasteiger partial charge in [0.2, 0.25) is 5.91 Å². The first-order chi connectivity index (χ1) is 11.5. The van der Waals surface area contributed by atoms with Crippen molar-refractivity contribution >= 4 is 17.6 Å². The molecule has 1 aromatic rings. The fourth-order valence-corrected chi connectivity index (χ4v) is 3.22. The molecular weight excluding hydrogens is 311 g/mol. The minimum absolute atomic E-state index is 0.0527. The average molecular weight is 334 g/mol. The number of amides is 3. The van der Waals surface area contributed by atoms with Crippen molar-refractivity contribution in [3.63, 3.8) is 0 Å². The van der Waals surface area contributed by atoms with Crippen LogP contribution in [0.1, 0.15) is 6.92 Å². The number of carbonyl (C=O) groups excluding carboxylic acids is 2. The minimum Gasteiger partial charge on any atom is -0.368 e. The molecule has 0 radical (unpaired) electrons. The summed E-state index contributed by atoms with van der Waals surface area (Å²) in [7, 11) is 0. The fourth-order valence-electron chi connectivity index (χ4n) is 3.22. The van der Waals surface area contributed by atoms with Gasteiger partial charge in [0.1, 0.15) is 5.82 Å². The highest BCUT2D eigenvalue weighted by atomic mass is 19.1. The molecule has 0 bridgehead atoms. The van der Waals surface area contributed by atoms with Gasteiger partial charge in [-0.1, -0.05) is 0 Å². The number of carbonyl (C=O) groups is 2. The van der Waals surface area contributed by atoms with Crippen LogP contribution in [0.15, 0.2) is 24.3 Å². The highest BCUT2D eigenvalue weighted by Crippen LogP contribution is 2.17. The van der Waals surface area contributed by atoms with Gasteiger partial charge in [-0.15, -0.1) is 0 Å². The maximum absolute atomic E-state index is 13.0. The molecule has 0 spiro atoms. The van der Waals surface area contributed by atoms with Crippen LogP contribution in [0.5, 0.6) is 0 Å². The molecular formula is C17H23FN4O2. The van der Waals surface area contributed by atoms with E-state index in [1.807, 2.05) is 9.80 Å². The molecule has 24 heavy (non-hydrogen) atoms. The summed E-state index contributed by atoms with van der Waals surface area (Å²) in [5.41, 5.74) is 0.985. The second-order valence-corrected chi connectivity index (χ2v) is 6.23. The molecule has 0 N–H and O–H groups in total. The van der Waals surface area contributed by atoms with Gasteiger partial charge >= 0.3 is 6.03 Å². The van der Waals surface area contributed by atoms with Gasteiger partial charge < -0.3 is 19.6 Å². The van der Waals surface area contributed by atoms with E-state index >= 15 is 0 Å². The summed E-state index contributed by atoms with van der Waals surface area (Å²) in [6.07, 6.45) is 0. The average Bonchev–Trinajstić information content (AvgIpc) is 2.62.